The number of hydrogen-bond acceptors (Lipinski definition) is 3. The SMILES string of the molecule is C[C@@H]1C=C[C@H](C)[C@@H]2C(=O)OC(=O)[C@@H]21. The molecular weight excluding hydrogens is 168 g/mol. The van der Waals surface area contributed by atoms with Gasteiger partial charge in [-0.3, -0.25) is 9.59 Å². The summed E-state index contributed by atoms with van der Waals surface area (Å²) >= 11 is 0. The van der Waals surface area contributed by atoms with Crippen LogP contribution in [-0.2, 0) is 14.3 Å². The smallest absolute Gasteiger partial charge is 0.318 e. The number of fused-ring (bicyclic) bond motifs is 1. The third-order valence-corrected chi connectivity index (χ3v) is 2.98. The van der Waals surface area contributed by atoms with Crippen LogP contribution in [0.1, 0.15) is 13.8 Å². The van der Waals surface area contributed by atoms with E-state index < -0.39 is 0 Å². The normalized spacial score (nSPS) is 43.2. The number of hydrogen-bond donors (Lipinski definition) is 0. The molecule has 1 fully saturated rings. The van der Waals surface area contributed by atoms with Gasteiger partial charge in [0.25, 0.3) is 0 Å². The molecule has 1 aliphatic carbocycles. The number of esters is 2. The van der Waals surface area contributed by atoms with E-state index in [1.165, 1.54) is 0 Å². The van der Waals surface area contributed by atoms with Gasteiger partial charge in [0.05, 0.1) is 11.8 Å². The molecule has 4 atom stereocenters. The Bertz CT molecular complexity index is 265. The van der Waals surface area contributed by atoms with E-state index in [0.717, 1.165) is 0 Å². The molecule has 0 unspecified atom stereocenters. The number of ether oxygens (including phenoxy) is 1. The number of allylic oxidation sites excluding steroid dienone is 2. The monoisotopic (exact) mass is 180 g/mol. The highest BCUT2D eigenvalue weighted by Gasteiger charge is 2.49. The largest absolute Gasteiger partial charge is 0.393 e. The van der Waals surface area contributed by atoms with Crippen molar-refractivity contribution in [3.63, 3.8) is 0 Å². The first-order chi connectivity index (χ1) is 6.11. The minimum atomic E-state index is -0.348. The highest BCUT2D eigenvalue weighted by atomic mass is 16.6. The Hall–Kier alpha value is -1.12. The number of carbonyl (C=O) groups excluding carboxylic acids is 2. The highest BCUT2D eigenvalue weighted by molar-refractivity contribution is 5.97. The van der Waals surface area contributed by atoms with Crippen LogP contribution in [0.25, 0.3) is 0 Å². The standard InChI is InChI=1S/C10H12O3/c1-5-3-4-6(2)8-7(5)9(11)13-10(8)12/h3-8H,1-2H3/t5-,6+,7-,8+. The molecule has 3 nitrogen and oxygen atoms in total. The molecule has 0 amide bonds. The Morgan fingerprint density at radius 3 is 1.77 bits per heavy atom. The van der Waals surface area contributed by atoms with Gasteiger partial charge in [0, 0.05) is 0 Å². The predicted octanol–water partition coefficient (Wildman–Crippen LogP) is 1.14. The van der Waals surface area contributed by atoms with Crippen LogP contribution in [0.3, 0.4) is 0 Å². The molecule has 2 aliphatic rings. The molecule has 0 bridgehead atoms. The summed E-state index contributed by atoms with van der Waals surface area (Å²) in [5, 5.41) is 0. The lowest BCUT2D eigenvalue weighted by molar-refractivity contribution is -0.154. The van der Waals surface area contributed by atoms with Crippen molar-refractivity contribution in [1.82, 2.24) is 0 Å². The van der Waals surface area contributed by atoms with Crippen molar-refractivity contribution >= 4 is 11.9 Å². The zero-order valence-corrected chi connectivity index (χ0v) is 7.69. The Morgan fingerprint density at radius 1 is 1.00 bits per heavy atom. The molecule has 70 valence electrons. The fourth-order valence-electron chi connectivity index (χ4n) is 2.20. The van der Waals surface area contributed by atoms with E-state index >= 15 is 0 Å². The molecule has 0 spiro atoms. The first-order valence-corrected chi connectivity index (χ1v) is 4.55. The van der Waals surface area contributed by atoms with Crippen molar-refractivity contribution in [2.45, 2.75) is 13.8 Å². The van der Waals surface area contributed by atoms with Crippen molar-refractivity contribution < 1.29 is 14.3 Å². The zero-order valence-electron chi connectivity index (χ0n) is 7.69. The van der Waals surface area contributed by atoms with Crippen molar-refractivity contribution in [3.8, 4) is 0 Å². The molecular formula is C10H12O3. The van der Waals surface area contributed by atoms with Gasteiger partial charge in [-0.2, -0.15) is 0 Å². The van der Waals surface area contributed by atoms with Gasteiger partial charge < -0.3 is 4.74 Å². The van der Waals surface area contributed by atoms with E-state index in [4.69, 9.17) is 0 Å². The lowest BCUT2D eigenvalue weighted by Gasteiger charge is -2.26. The lowest BCUT2D eigenvalue weighted by atomic mass is 9.73. The highest BCUT2D eigenvalue weighted by Crippen LogP contribution is 2.39. The van der Waals surface area contributed by atoms with Gasteiger partial charge >= 0.3 is 11.9 Å². The summed E-state index contributed by atoms with van der Waals surface area (Å²) in [5.74, 6) is -0.933. The van der Waals surface area contributed by atoms with Crippen LogP contribution in [0.15, 0.2) is 12.2 Å². The van der Waals surface area contributed by atoms with Gasteiger partial charge in [0.2, 0.25) is 0 Å². The van der Waals surface area contributed by atoms with E-state index in [9.17, 15) is 9.59 Å². The van der Waals surface area contributed by atoms with Crippen molar-refractivity contribution in [1.29, 1.82) is 0 Å². The van der Waals surface area contributed by atoms with E-state index in [-0.39, 0.29) is 35.6 Å². The average Bonchev–Trinajstić information content (AvgIpc) is 2.36. The van der Waals surface area contributed by atoms with E-state index in [2.05, 4.69) is 4.74 Å². The maximum atomic E-state index is 11.3. The number of carbonyl (C=O) groups is 2. The average molecular weight is 180 g/mol. The molecule has 1 saturated heterocycles. The summed E-state index contributed by atoms with van der Waals surface area (Å²) in [6, 6.07) is 0. The molecule has 3 heteroatoms. The van der Waals surface area contributed by atoms with Crippen LogP contribution in [0, 0.1) is 23.7 Å². The molecule has 0 aromatic carbocycles. The van der Waals surface area contributed by atoms with Gasteiger partial charge in [0.15, 0.2) is 0 Å². The Morgan fingerprint density at radius 2 is 1.38 bits per heavy atom. The predicted molar refractivity (Wildman–Crippen MR) is 45.5 cm³/mol. The molecule has 0 N–H and O–H groups in total. The van der Waals surface area contributed by atoms with E-state index in [1.807, 2.05) is 26.0 Å². The van der Waals surface area contributed by atoms with Crippen molar-refractivity contribution in [2.24, 2.45) is 23.7 Å². The van der Waals surface area contributed by atoms with Crippen molar-refractivity contribution in [2.75, 3.05) is 0 Å². The zero-order chi connectivity index (χ0) is 9.59. The molecule has 0 saturated carbocycles. The van der Waals surface area contributed by atoms with Crippen LogP contribution >= 0.6 is 0 Å². The van der Waals surface area contributed by atoms with Gasteiger partial charge in [-0.05, 0) is 11.8 Å². The molecule has 0 aromatic heterocycles. The molecule has 1 aliphatic heterocycles. The van der Waals surface area contributed by atoms with Crippen LogP contribution in [-0.4, -0.2) is 11.9 Å². The number of rotatable bonds is 0. The maximum Gasteiger partial charge on any atom is 0.318 e. The van der Waals surface area contributed by atoms with Crippen LogP contribution in [0.4, 0.5) is 0 Å². The van der Waals surface area contributed by atoms with Gasteiger partial charge in [-0.25, -0.2) is 0 Å². The topological polar surface area (TPSA) is 43.4 Å². The Kier molecular flexibility index (Phi) is 1.75. The van der Waals surface area contributed by atoms with Crippen LogP contribution in [0.5, 0.6) is 0 Å². The first-order valence-electron chi connectivity index (χ1n) is 4.55. The van der Waals surface area contributed by atoms with Crippen LogP contribution in [0.2, 0.25) is 0 Å². The van der Waals surface area contributed by atoms with Gasteiger partial charge in [0.1, 0.15) is 0 Å². The fraction of sp³-hybridized carbons (Fsp3) is 0.600. The van der Waals surface area contributed by atoms with Gasteiger partial charge in [-0.15, -0.1) is 0 Å². The van der Waals surface area contributed by atoms with Gasteiger partial charge in [-0.1, -0.05) is 26.0 Å². The molecule has 13 heavy (non-hydrogen) atoms. The van der Waals surface area contributed by atoms with E-state index in [1.54, 1.807) is 0 Å². The minimum absolute atomic E-state index is 0.125. The third-order valence-electron chi connectivity index (χ3n) is 2.98. The second kappa shape index (κ2) is 2.69. The quantitative estimate of drug-likeness (QED) is 0.319. The van der Waals surface area contributed by atoms with Crippen LogP contribution < -0.4 is 0 Å². The second-order valence-electron chi connectivity index (χ2n) is 3.89. The summed E-state index contributed by atoms with van der Waals surface area (Å²) in [5.41, 5.74) is 0. The van der Waals surface area contributed by atoms with E-state index in [0.29, 0.717) is 0 Å². The van der Waals surface area contributed by atoms with Crippen molar-refractivity contribution in [3.05, 3.63) is 12.2 Å². The Labute approximate surface area is 76.8 Å². The summed E-state index contributed by atoms with van der Waals surface area (Å²) in [6.07, 6.45) is 3.98. The maximum absolute atomic E-state index is 11.3. The number of cyclic esters (lactones) is 2. The molecule has 0 radical (unpaired) electrons. The lowest BCUT2D eigenvalue weighted by Crippen LogP contribution is -2.31. The summed E-state index contributed by atoms with van der Waals surface area (Å²) < 4.78 is 4.63. The second-order valence-corrected chi connectivity index (χ2v) is 3.89. The molecule has 2 rings (SSSR count). The molecule has 0 aromatic rings. The minimum Gasteiger partial charge on any atom is -0.393 e. The fourth-order valence-corrected chi connectivity index (χ4v) is 2.20. The summed E-state index contributed by atoms with van der Waals surface area (Å²) in [6.45, 7) is 3.89. The summed E-state index contributed by atoms with van der Waals surface area (Å²) in [4.78, 5) is 22.6. The Balaban J connectivity index is 2.38. The summed E-state index contributed by atoms with van der Waals surface area (Å²) in [7, 11) is 0. The third kappa shape index (κ3) is 1.10. The molecule has 1 heterocycles. The first kappa shape index (κ1) is 8.48.